The van der Waals surface area contributed by atoms with Gasteiger partial charge in [-0.3, -0.25) is 4.79 Å². The van der Waals surface area contributed by atoms with E-state index in [1.54, 1.807) is 0 Å². The van der Waals surface area contributed by atoms with Gasteiger partial charge in [0.1, 0.15) is 11.6 Å². The van der Waals surface area contributed by atoms with Gasteiger partial charge in [0.05, 0.1) is 24.8 Å². The first-order valence-electron chi connectivity index (χ1n) is 11.0. The van der Waals surface area contributed by atoms with Crippen LogP contribution in [0.15, 0.2) is 48.5 Å². The van der Waals surface area contributed by atoms with Crippen LogP contribution in [0.1, 0.15) is 47.9 Å². The zero-order valence-corrected chi connectivity index (χ0v) is 18.8. The molecular formula is C25H29N5O2. The first kappa shape index (κ1) is 21.7. The Kier molecular flexibility index (Phi) is 6.63. The van der Waals surface area contributed by atoms with Crippen molar-refractivity contribution in [2.75, 3.05) is 18.5 Å². The molecule has 1 amide bonds. The fraction of sp³-hybridized carbons (Fsp3) is 0.360. The lowest BCUT2D eigenvalue weighted by atomic mass is 10.1. The Labute approximate surface area is 188 Å². The van der Waals surface area contributed by atoms with Crippen LogP contribution < -0.4 is 10.1 Å². The number of pyridine rings is 1. The summed E-state index contributed by atoms with van der Waals surface area (Å²) < 4.78 is 5.83. The number of rotatable bonds is 7. The molecule has 32 heavy (non-hydrogen) atoms. The molecule has 3 heterocycles. The third kappa shape index (κ3) is 5.22. The fourth-order valence-electron chi connectivity index (χ4n) is 4.09. The average molecular weight is 432 g/mol. The molecular weight excluding hydrogens is 402 g/mol. The van der Waals surface area contributed by atoms with E-state index in [1.807, 2.05) is 74.2 Å². The van der Waals surface area contributed by atoms with Crippen LogP contribution >= 0.6 is 0 Å². The zero-order valence-electron chi connectivity index (χ0n) is 18.8. The maximum absolute atomic E-state index is 12.9. The number of para-hydroxylation sites is 1. The van der Waals surface area contributed by atoms with Crippen molar-refractivity contribution >= 4 is 17.7 Å². The molecule has 1 aliphatic rings. The van der Waals surface area contributed by atoms with Gasteiger partial charge in [-0.2, -0.15) is 0 Å². The molecule has 0 aliphatic carbocycles. The minimum absolute atomic E-state index is 0.0251. The number of aromatic nitrogens is 3. The standard InChI is InChI=1S/C25H29N5O2/c1-17-8-4-5-11-22(17)32-15-13-24(31)30-14-7-10-21(30)20-9-6-12-23(28-20)29-25-26-18(2)16-19(3)27-25/h4-6,8-9,11-12,16,21H,7,10,13-15H2,1-3H3,(H,26,27,28,29)/t21-/m0/s1. The van der Waals surface area contributed by atoms with Crippen LogP contribution in [-0.4, -0.2) is 38.9 Å². The molecule has 1 aliphatic heterocycles. The number of amides is 1. The Morgan fingerprint density at radius 3 is 2.62 bits per heavy atom. The molecule has 1 saturated heterocycles. The van der Waals surface area contributed by atoms with Crippen LogP contribution in [0.2, 0.25) is 0 Å². The van der Waals surface area contributed by atoms with Gasteiger partial charge in [-0.1, -0.05) is 24.3 Å². The minimum Gasteiger partial charge on any atom is -0.493 e. The minimum atomic E-state index is -0.0251. The molecule has 7 nitrogen and oxygen atoms in total. The van der Waals surface area contributed by atoms with Gasteiger partial charge in [0.25, 0.3) is 0 Å². The van der Waals surface area contributed by atoms with Crippen molar-refractivity contribution in [1.29, 1.82) is 0 Å². The van der Waals surface area contributed by atoms with Crippen LogP contribution in [0.5, 0.6) is 5.75 Å². The number of anilines is 2. The van der Waals surface area contributed by atoms with Crippen LogP contribution in [0.3, 0.4) is 0 Å². The molecule has 1 fully saturated rings. The number of hydrogen-bond acceptors (Lipinski definition) is 6. The second kappa shape index (κ2) is 9.77. The lowest BCUT2D eigenvalue weighted by molar-refractivity contribution is -0.132. The molecule has 7 heteroatoms. The SMILES string of the molecule is Cc1cc(C)nc(Nc2cccc([C@@H]3CCCN3C(=O)CCOc3ccccc3C)n2)n1. The van der Waals surface area contributed by atoms with E-state index in [0.717, 1.165) is 47.8 Å². The first-order valence-corrected chi connectivity index (χ1v) is 11.0. The number of carbonyl (C=O) groups is 1. The highest BCUT2D eigenvalue weighted by Crippen LogP contribution is 2.32. The number of likely N-dealkylation sites (tertiary alicyclic amines) is 1. The largest absolute Gasteiger partial charge is 0.493 e. The number of nitrogens with one attached hydrogen (secondary N) is 1. The fourth-order valence-corrected chi connectivity index (χ4v) is 4.09. The number of ether oxygens (including phenoxy) is 1. The van der Waals surface area contributed by atoms with Gasteiger partial charge < -0.3 is 15.0 Å². The van der Waals surface area contributed by atoms with Gasteiger partial charge in [0.15, 0.2) is 0 Å². The van der Waals surface area contributed by atoms with E-state index in [4.69, 9.17) is 9.72 Å². The molecule has 2 aromatic heterocycles. The van der Waals surface area contributed by atoms with E-state index < -0.39 is 0 Å². The second-order valence-corrected chi connectivity index (χ2v) is 8.16. The predicted octanol–water partition coefficient (Wildman–Crippen LogP) is 4.67. The highest BCUT2D eigenvalue weighted by molar-refractivity contribution is 5.77. The average Bonchev–Trinajstić information content (AvgIpc) is 3.25. The Morgan fingerprint density at radius 1 is 1.06 bits per heavy atom. The maximum atomic E-state index is 12.9. The molecule has 166 valence electrons. The Bertz CT molecular complexity index is 1080. The Hall–Kier alpha value is -3.48. The van der Waals surface area contributed by atoms with Crippen molar-refractivity contribution in [3.8, 4) is 5.75 Å². The highest BCUT2D eigenvalue weighted by Gasteiger charge is 2.30. The van der Waals surface area contributed by atoms with E-state index in [9.17, 15) is 4.79 Å². The Balaban J connectivity index is 1.41. The number of benzene rings is 1. The monoisotopic (exact) mass is 431 g/mol. The van der Waals surface area contributed by atoms with Crippen molar-refractivity contribution in [2.45, 2.75) is 46.1 Å². The molecule has 0 saturated carbocycles. The van der Waals surface area contributed by atoms with Gasteiger partial charge in [0.2, 0.25) is 11.9 Å². The highest BCUT2D eigenvalue weighted by atomic mass is 16.5. The van der Waals surface area contributed by atoms with Crippen LogP contribution in [-0.2, 0) is 4.79 Å². The zero-order chi connectivity index (χ0) is 22.5. The van der Waals surface area contributed by atoms with Crippen LogP contribution in [0.4, 0.5) is 11.8 Å². The van der Waals surface area contributed by atoms with Crippen LogP contribution in [0, 0.1) is 20.8 Å². The summed E-state index contributed by atoms with van der Waals surface area (Å²) in [5.74, 6) is 2.13. The molecule has 0 unspecified atom stereocenters. The van der Waals surface area contributed by atoms with E-state index >= 15 is 0 Å². The van der Waals surface area contributed by atoms with Crippen LogP contribution in [0.25, 0.3) is 0 Å². The summed E-state index contributed by atoms with van der Waals surface area (Å²) in [6, 6.07) is 15.6. The molecule has 0 spiro atoms. The number of nitrogens with zero attached hydrogens (tertiary/aromatic N) is 4. The lowest BCUT2D eigenvalue weighted by Gasteiger charge is -2.25. The van der Waals surface area contributed by atoms with Gasteiger partial charge >= 0.3 is 0 Å². The van der Waals surface area contributed by atoms with Gasteiger partial charge in [0, 0.05) is 17.9 Å². The molecule has 0 radical (unpaired) electrons. The predicted molar refractivity (Wildman–Crippen MR) is 124 cm³/mol. The molecule has 4 rings (SSSR count). The summed E-state index contributed by atoms with van der Waals surface area (Å²) in [6.45, 7) is 6.99. The summed E-state index contributed by atoms with van der Waals surface area (Å²) in [7, 11) is 0. The van der Waals surface area contributed by atoms with Crippen molar-refractivity contribution < 1.29 is 9.53 Å². The van der Waals surface area contributed by atoms with E-state index in [0.29, 0.717) is 24.8 Å². The van der Waals surface area contributed by atoms with Crippen molar-refractivity contribution in [3.63, 3.8) is 0 Å². The molecule has 0 bridgehead atoms. The third-order valence-corrected chi connectivity index (χ3v) is 5.57. The Morgan fingerprint density at radius 2 is 1.84 bits per heavy atom. The topological polar surface area (TPSA) is 80.2 Å². The normalized spacial score (nSPS) is 15.6. The van der Waals surface area contributed by atoms with Crippen molar-refractivity contribution in [2.24, 2.45) is 0 Å². The summed E-state index contributed by atoms with van der Waals surface area (Å²) in [5.41, 5.74) is 3.75. The van der Waals surface area contributed by atoms with E-state index in [-0.39, 0.29) is 11.9 Å². The molecule has 1 atom stereocenters. The molecule has 1 aromatic carbocycles. The summed E-state index contributed by atoms with van der Waals surface area (Å²) >= 11 is 0. The molecule has 3 aromatic rings. The summed E-state index contributed by atoms with van der Waals surface area (Å²) in [5, 5.41) is 3.19. The second-order valence-electron chi connectivity index (χ2n) is 8.16. The first-order chi connectivity index (χ1) is 15.5. The quantitative estimate of drug-likeness (QED) is 0.585. The lowest BCUT2D eigenvalue weighted by Crippen LogP contribution is -2.32. The number of carbonyl (C=O) groups excluding carboxylic acids is 1. The van der Waals surface area contributed by atoms with Crippen molar-refractivity contribution in [3.05, 3.63) is 71.2 Å². The van der Waals surface area contributed by atoms with Gasteiger partial charge in [-0.05, 0) is 63.4 Å². The number of aryl methyl sites for hydroxylation is 3. The van der Waals surface area contributed by atoms with E-state index in [2.05, 4.69) is 15.3 Å². The maximum Gasteiger partial charge on any atom is 0.228 e. The van der Waals surface area contributed by atoms with Gasteiger partial charge in [-0.15, -0.1) is 0 Å². The summed E-state index contributed by atoms with van der Waals surface area (Å²) in [4.78, 5) is 28.5. The van der Waals surface area contributed by atoms with Crippen molar-refractivity contribution in [1.82, 2.24) is 19.9 Å². The smallest absolute Gasteiger partial charge is 0.228 e. The third-order valence-electron chi connectivity index (χ3n) is 5.57. The number of hydrogen-bond donors (Lipinski definition) is 1. The molecule has 1 N–H and O–H groups in total. The van der Waals surface area contributed by atoms with Gasteiger partial charge in [-0.25, -0.2) is 15.0 Å². The van der Waals surface area contributed by atoms with E-state index in [1.165, 1.54) is 0 Å². The summed E-state index contributed by atoms with van der Waals surface area (Å²) in [6.07, 6.45) is 2.22.